The van der Waals surface area contributed by atoms with Gasteiger partial charge in [-0.1, -0.05) is 18.2 Å². The minimum atomic E-state index is -0.271. The number of methoxy groups -OCH3 is 3. The number of rotatable bonds is 8. The van der Waals surface area contributed by atoms with E-state index in [1.807, 2.05) is 42.5 Å². The monoisotopic (exact) mass is 450 g/mol. The molecule has 0 bridgehead atoms. The van der Waals surface area contributed by atoms with E-state index in [1.165, 1.54) is 0 Å². The van der Waals surface area contributed by atoms with Crippen molar-refractivity contribution in [1.29, 1.82) is 0 Å². The third-order valence-electron chi connectivity index (χ3n) is 5.28. The SMILES string of the molecule is COc1ccc(CN(Cc2ccc3c(c2)OCO3)C(=O)Nc2ccc(OC)cc2OC)cc1. The molecule has 172 valence electrons. The number of hydrogen-bond acceptors (Lipinski definition) is 6. The van der Waals surface area contributed by atoms with Gasteiger partial charge in [0.2, 0.25) is 6.79 Å². The lowest BCUT2D eigenvalue weighted by Crippen LogP contribution is -2.34. The molecule has 2 amide bonds. The molecule has 0 fully saturated rings. The predicted molar refractivity (Wildman–Crippen MR) is 123 cm³/mol. The molecule has 3 aromatic rings. The smallest absolute Gasteiger partial charge is 0.322 e. The third kappa shape index (κ3) is 5.23. The number of carbonyl (C=O) groups is 1. The van der Waals surface area contributed by atoms with Gasteiger partial charge in [-0.3, -0.25) is 0 Å². The maximum Gasteiger partial charge on any atom is 0.322 e. The van der Waals surface area contributed by atoms with Crippen LogP contribution >= 0.6 is 0 Å². The molecule has 0 saturated carbocycles. The quantitative estimate of drug-likeness (QED) is 0.537. The van der Waals surface area contributed by atoms with E-state index < -0.39 is 0 Å². The Labute approximate surface area is 192 Å². The summed E-state index contributed by atoms with van der Waals surface area (Å²) in [6.45, 7) is 0.960. The molecule has 0 atom stereocenters. The van der Waals surface area contributed by atoms with E-state index in [2.05, 4.69) is 5.32 Å². The molecule has 0 unspecified atom stereocenters. The molecule has 33 heavy (non-hydrogen) atoms. The van der Waals surface area contributed by atoms with Crippen LogP contribution in [0.5, 0.6) is 28.7 Å². The van der Waals surface area contributed by atoms with Gasteiger partial charge in [0.15, 0.2) is 11.5 Å². The van der Waals surface area contributed by atoms with Gasteiger partial charge in [-0.2, -0.15) is 0 Å². The van der Waals surface area contributed by atoms with E-state index in [1.54, 1.807) is 44.4 Å². The van der Waals surface area contributed by atoms with Crippen LogP contribution in [0.2, 0.25) is 0 Å². The fraction of sp³-hybridized carbons (Fsp3) is 0.240. The van der Waals surface area contributed by atoms with Gasteiger partial charge in [0.05, 0.1) is 27.0 Å². The first-order valence-electron chi connectivity index (χ1n) is 10.4. The normalized spacial score (nSPS) is 11.6. The number of fused-ring (bicyclic) bond motifs is 1. The van der Waals surface area contributed by atoms with E-state index >= 15 is 0 Å². The van der Waals surface area contributed by atoms with Gasteiger partial charge in [-0.05, 0) is 47.5 Å². The Morgan fingerprint density at radius 2 is 1.48 bits per heavy atom. The standard InChI is InChI=1S/C25H26N2O6/c1-29-19-7-4-17(5-8-19)14-27(15-18-6-11-22-24(12-18)33-16-32-22)25(28)26-21-10-9-20(30-2)13-23(21)31-3/h4-13H,14-16H2,1-3H3,(H,26,28). The molecule has 1 aliphatic heterocycles. The fourth-order valence-electron chi connectivity index (χ4n) is 3.51. The average Bonchev–Trinajstić information content (AvgIpc) is 3.32. The zero-order valence-corrected chi connectivity index (χ0v) is 18.8. The molecule has 3 aromatic carbocycles. The Bertz CT molecular complexity index is 1120. The van der Waals surface area contributed by atoms with E-state index in [-0.39, 0.29) is 12.8 Å². The van der Waals surface area contributed by atoms with Gasteiger partial charge in [0, 0.05) is 19.2 Å². The predicted octanol–water partition coefficient (Wildman–Crippen LogP) is 4.68. The van der Waals surface area contributed by atoms with Crippen LogP contribution in [0.4, 0.5) is 10.5 Å². The van der Waals surface area contributed by atoms with Crippen LogP contribution in [0.3, 0.4) is 0 Å². The number of hydrogen-bond donors (Lipinski definition) is 1. The first kappa shape index (κ1) is 22.1. The highest BCUT2D eigenvalue weighted by Gasteiger charge is 2.19. The van der Waals surface area contributed by atoms with Crippen LogP contribution in [-0.2, 0) is 13.1 Å². The molecular weight excluding hydrogens is 424 g/mol. The van der Waals surface area contributed by atoms with Crippen molar-refractivity contribution in [3.05, 3.63) is 71.8 Å². The van der Waals surface area contributed by atoms with Gasteiger partial charge in [-0.15, -0.1) is 0 Å². The van der Waals surface area contributed by atoms with Crippen molar-refractivity contribution in [2.24, 2.45) is 0 Å². The molecule has 0 aromatic heterocycles. The van der Waals surface area contributed by atoms with Crippen molar-refractivity contribution < 1.29 is 28.5 Å². The van der Waals surface area contributed by atoms with Gasteiger partial charge in [0.1, 0.15) is 17.2 Å². The summed E-state index contributed by atoms with van der Waals surface area (Å²) in [5.41, 5.74) is 2.44. The maximum absolute atomic E-state index is 13.3. The lowest BCUT2D eigenvalue weighted by Gasteiger charge is -2.24. The lowest BCUT2D eigenvalue weighted by atomic mass is 10.1. The second-order valence-corrected chi connectivity index (χ2v) is 7.39. The highest BCUT2D eigenvalue weighted by Crippen LogP contribution is 2.33. The molecule has 1 heterocycles. The van der Waals surface area contributed by atoms with Crippen LogP contribution in [0.1, 0.15) is 11.1 Å². The average molecular weight is 450 g/mol. The number of ether oxygens (including phenoxy) is 5. The second kappa shape index (κ2) is 10.0. The number of nitrogens with one attached hydrogen (secondary N) is 1. The minimum Gasteiger partial charge on any atom is -0.497 e. The van der Waals surface area contributed by atoms with Crippen molar-refractivity contribution in [3.8, 4) is 28.7 Å². The zero-order chi connectivity index (χ0) is 23.2. The Balaban J connectivity index is 1.57. The summed E-state index contributed by atoms with van der Waals surface area (Å²) >= 11 is 0. The first-order valence-corrected chi connectivity index (χ1v) is 10.4. The van der Waals surface area contributed by atoms with Gasteiger partial charge in [0.25, 0.3) is 0 Å². The van der Waals surface area contributed by atoms with Gasteiger partial charge < -0.3 is 33.9 Å². The number of urea groups is 1. The second-order valence-electron chi connectivity index (χ2n) is 7.39. The summed E-state index contributed by atoms with van der Waals surface area (Å²) < 4.78 is 26.8. The molecule has 0 radical (unpaired) electrons. The molecule has 1 aliphatic rings. The third-order valence-corrected chi connectivity index (χ3v) is 5.28. The van der Waals surface area contributed by atoms with Gasteiger partial charge >= 0.3 is 6.03 Å². The molecule has 0 spiro atoms. The Hall–Kier alpha value is -4.07. The van der Waals surface area contributed by atoms with Crippen molar-refractivity contribution in [2.45, 2.75) is 13.1 Å². The molecule has 0 aliphatic carbocycles. The Morgan fingerprint density at radius 3 is 2.21 bits per heavy atom. The van der Waals surface area contributed by atoms with Crippen LogP contribution in [0.25, 0.3) is 0 Å². The van der Waals surface area contributed by atoms with E-state index in [0.717, 1.165) is 16.9 Å². The molecule has 4 rings (SSSR count). The van der Waals surface area contributed by atoms with Crippen LogP contribution < -0.4 is 29.0 Å². The number of nitrogens with zero attached hydrogens (tertiary/aromatic N) is 1. The molecule has 8 nitrogen and oxygen atoms in total. The Morgan fingerprint density at radius 1 is 0.818 bits per heavy atom. The highest BCUT2D eigenvalue weighted by atomic mass is 16.7. The summed E-state index contributed by atoms with van der Waals surface area (Å²) in [6, 6.07) is 18.3. The summed E-state index contributed by atoms with van der Waals surface area (Å²) in [7, 11) is 4.75. The number of amides is 2. The number of anilines is 1. The lowest BCUT2D eigenvalue weighted by molar-refractivity contribution is 0.174. The zero-order valence-electron chi connectivity index (χ0n) is 18.8. The molecule has 1 N–H and O–H groups in total. The minimum absolute atomic E-state index is 0.200. The number of carbonyl (C=O) groups excluding carboxylic acids is 1. The first-order chi connectivity index (χ1) is 16.1. The van der Waals surface area contributed by atoms with Crippen LogP contribution in [0, 0.1) is 0 Å². The van der Waals surface area contributed by atoms with Crippen molar-refractivity contribution in [1.82, 2.24) is 4.90 Å². The number of benzene rings is 3. The van der Waals surface area contributed by atoms with E-state index in [4.69, 9.17) is 23.7 Å². The van der Waals surface area contributed by atoms with Crippen molar-refractivity contribution in [3.63, 3.8) is 0 Å². The van der Waals surface area contributed by atoms with Crippen LogP contribution in [0.15, 0.2) is 60.7 Å². The topological polar surface area (TPSA) is 78.5 Å². The van der Waals surface area contributed by atoms with Crippen LogP contribution in [-0.4, -0.2) is 39.1 Å². The molecule has 0 saturated heterocycles. The Kier molecular flexibility index (Phi) is 6.73. The van der Waals surface area contributed by atoms with Crippen molar-refractivity contribution >= 4 is 11.7 Å². The van der Waals surface area contributed by atoms with E-state index in [0.29, 0.717) is 41.8 Å². The largest absolute Gasteiger partial charge is 0.497 e. The summed E-state index contributed by atoms with van der Waals surface area (Å²) in [5.74, 6) is 3.28. The summed E-state index contributed by atoms with van der Waals surface area (Å²) in [5, 5.41) is 2.95. The fourth-order valence-corrected chi connectivity index (χ4v) is 3.51. The summed E-state index contributed by atoms with van der Waals surface area (Å²) in [6.07, 6.45) is 0. The van der Waals surface area contributed by atoms with E-state index in [9.17, 15) is 4.79 Å². The highest BCUT2D eigenvalue weighted by molar-refractivity contribution is 5.91. The van der Waals surface area contributed by atoms with Crippen molar-refractivity contribution in [2.75, 3.05) is 33.4 Å². The summed E-state index contributed by atoms with van der Waals surface area (Å²) in [4.78, 5) is 15.1. The molecular formula is C25H26N2O6. The molecule has 8 heteroatoms. The van der Waals surface area contributed by atoms with Gasteiger partial charge in [-0.25, -0.2) is 4.79 Å². The maximum atomic E-state index is 13.3.